The number of nitrogens with zero attached hydrogens (tertiary/aromatic N) is 1. The maximum atomic E-state index is 2.53. The zero-order valence-electron chi connectivity index (χ0n) is 26.9. The number of para-hydroxylation sites is 2. The van der Waals surface area contributed by atoms with Crippen molar-refractivity contribution in [2.24, 2.45) is 0 Å². The molecule has 48 heavy (non-hydrogen) atoms. The second kappa shape index (κ2) is 9.12. The molecule has 0 aliphatic heterocycles. The first-order valence-corrected chi connectivity index (χ1v) is 17.0. The van der Waals surface area contributed by atoms with Gasteiger partial charge in [-0.25, -0.2) is 0 Å². The second-order valence-electron chi connectivity index (χ2n) is 14.1. The van der Waals surface area contributed by atoms with Crippen LogP contribution in [0, 0.1) is 0 Å². The molecule has 1 nitrogen and oxygen atoms in total. The predicted molar refractivity (Wildman–Crippen MR) is 206 cm³/mol. The molecule has 1 aliphatic rings. The monoisotopic (exact) mass is 609 g/mol. The molecule has 0 unspecified atom stereocenters. The summed E-state index contributed by atoms with van der Waals surface area (Å²) < 4.78 is 2.52. The molecule has 0 spiro atoms. The van der Waals surface area contributed by atoms with Gasteiger partial charge in [0.15, 0.2) is 0 Å². The fourth-order valence-corrected chi connectivity index (χ4v) is 9.14. The summed E-state index contributed by atoms with van der Waals surface area (Å²) in [4.78, 5) is 0. The molecule has 10 aromatic rings. The van der Waals surface area contributed by atoms with Gasteiger partial charge in [0.1, 0.15) is 0 Å². The fourth-order valence-electron chi connectivity index (χ4n) is 9.14. The normalized spacial score (nSPS) is 13.8. The maximum Gasteiger partial charge on any atom is 0.0550 e. The molecule has 1 heterocycles. The lowest BCUT2D eigenvalue weighted by atomic mass is 9.80. The first-order valence-electron chi connectivity index (χ1n) is 17.0. The van der Waals surface area contributed by atoms with Gasteiger partial charge in [-0.05, 0) is 101 Å². The molecule has 224 valence electrons. The van der Waals surface area contributed by atoms with E-state index in [1.165, 1.54) is 104 Å². The Morgan fingerprint density at radius 2 is 0.896 bits per heavy atom. The Labute approximate surface area is 278 Å². The van der Waals surface area contributed by atoms with Crippen molar-refractivity contribution < 1.29 is 0 Å². The molecule has 0 radical (unpaired) electrons. The molecule has 0 saturated heterocycles. The number of hydrogen-bond acceptors (Lipinski definition) is 0. The average Bonchev–Trinajstić information content (AvgIpc) is 3.58. The Morgan fingerprint density at radius 3 is 1.52 bits per heavy atom. The quantitative estimate of drug-likeness (QED) is 0.163. The molecule has 1 heteroatoms. The van der Waals surface area contributed by atoms with Gasteiger partial charge in [0.2, 0.25) is 0 Å². The van der Waals surface area contributed by atoms with E-state index in [0.717, 1.165) is 0 Å². The smallest absolute Gasteiger partial charge is 0.0550 e. The largest absolute Gasteiger partial charge is 0.309 e. The lowest BCUT2D eigenvalue weighted by Crippen LogP contribution is -2.15. The van der Waals surface area contributed by atoms with E-state index in [1.54, 1.807) is 0 Å². The van der Waals surface area contributed by atoms with Gasteiger partial charge < -0.3 is 4.57 Å². The van der Waals surface area contributed by atoms with Crippen LogP contribution in [0.2, 0.25) is 0 Å². The summed E-state index contributed by atoms with van der Waals surface area (Å²) in [5.74, 6) is 0. The first-order chi connectivity index (χ1) is 23.6. The number of rotatable bonds is 1. The van der Waals surface area contributed by atoms with Gasteiger partial charge >= 0.3 is 0 Å². The second-order valence-corrected chi connectivity index (χ2v) is 14.1. The van der Waals surface area contributed by atoms with E-state index >= 15 is 0 Å². The van der Waals surface area contributed by atoms with Gasteiger partial charge in [0, 0.05) is 21.6 Å². The molecule has 0 amide bonds. The van der Waals surface area contributed by atoms with Crippen LogP contribution in [-0.2, 0) is 5.41 Å². The zero-order chi connectivity index (χ0) is 31.7. The first kappa shape index (κ1) is 26.2. The molecule has 9 aromatic carbocycles. The molecule has 0 fully saturated rings. The van der Waals surface area contributed by atoms with E-state index < -0.39 is 0 Å². The van der Waals surface area contributed by atoms with E-state index in [1.807, 2.05) is 0 Å². The van der Waals surface area contributed by atoms with Crippen LogP contribution in [0.3, 0.4) is 0 Å². The van der Waals surface area contributed by atoms with Crippen molar-refractivity contribution in [3.63, 3.8) is 0 Å². The number of aromatic nitrogens is 1. The Bertz CT molecular complexity index is 2970. The fraction of sp³-hybridized carbons (Fsp3) is 0.0638. The van der Waals surface area contributed by atoms with Crippen molar-refractivity contribution in [3.05, 3.63) is 163 Å². The van der Waals surface area contributed by atoms with Crippen molar-refractivity contribution >= 4 is 75.7 Å². The third-order valence-corrected chi connectivity index (χ3v) is 11.3. The number of benzene rings is 9. The topological polar surface area (TPSA) is 4.93 Å². The van der Waals surface area contributed by atoms with Crippen molar-refractivity contribution in [1.82, 2.24) is 4.57 Å². The summed E-state index contributed by atoms with van der Waals surface area (Å²) in [6, 6.07) is 56.8. The van der Waals surface area contributed by atoms with Gasteiger partial charge in [-0.2, -0.15) is 0 Å². The molecular weight excluding hydrogens is 579 g/mol. The van der Waals surface area contributed by atoms with Crippen LogP contribution in [0.5, 0.6) is 0 Å². The van der Waals surface area contributed by atoms with Crippen LogP contribution >= 0.6 is 0 Å². The van der Waals surface area contributed by atoms with Crippen molar-refractivity contribution in [2.45, 2.75) is 19.3 Å². The van der Waals surface area contributed by atoms with Crippen molar-refractivity contribution in [1.29, 1.82) is 0 Å². The zero-order valence-corrected chi connectivity index (χ0v) is 26.9. The molecule has 11 rings (SSSR count). The summed E-state index contributed by atoms with van der Waals surface area (Å²) in [5.41, 5.74) is 9.06. The third-order valence-electron chi connectivity index (χ3n) is 11.3. The number of fused-ring (bicyclic) bond motifs is 16. The minimum atomic E-state index is -0.195. The van der Waals surface area contributed by atoms with Gasteiger partial charge in [-0.1, -0.05) is 135 Å². The van der Waals surface area contributed by atoms with Gasteiger partial charge in [-0.15, -0.1) is 0 Å². The van der Waals surface area contributed by atoms with E-state index in [4.69, 9.17) is 0 Å². The molecule has 0 atom stereocenters. The van der Waals surface area contributed by atoms with Crippen LogP contribution in [-0.4, -0.2) is 4.57 Å². The predicted octanol–water partition coefficient (Wildman–Crippen LogP) is 12.9. The summed E-state index contributed by atoms with van der Waals surface area (Å²) in [6.07, 6.45) is 0. The highest BCUT2D eigenvalue weighted by molar-refractivity contribution is 6.27. The van der Waals surface area contributed by atoms with Gasteiger partial charge in [-0.3, -0.25) is 0 Å². The highest BCUT2D eigenvalue weighted by Crippen LogP contribution is 2.55. The minimum absolute atomic E-state index is 0.195. The van der Waals surface area contributed by atoms with Gasteiger partial charge in [0.25, 0.3) is 0 Å². The summed E-state index contributed by atoms with van der Waals surface area (Å²) in [6.45, 7) is 4.85. The lowest BCUT2D eigenvalue weighted by Gasteiger charge is -2.24. The van der Waals surface area contributed by atoms with Crippen LogP contribution in [0.4, 0.5) is 0 Å². The minimum Gasteiger partial charge on any atom is -0.309 e. The molecule has 1 aliphatic carbocycles. The average molecular weight is 610 g/mol. The maximum absolute atomic E-state index is 2.53. The molecule has 0 N–H and O–H groups in total. The lowest BCUT2D eigenvalue weighted by molar-refractivity contribution is 0.661. The molecule has 1 aromatic heterocycles. The van der Waals surface area contributed by atoms with Crippen LogP contribution in [0.25, 0.3) is 92.5 Å². The van der Waals surface area contributed by atoms with E-state index in [0.29, 0.717) is 0 Å². The Kier molecular flexibility index (Phi) is 4.97. The standard InChI is InChI=1S/C47H31N/c1-47(2)40-26-38-33-18-8-6-16-31(33)30-15-5-7-17-32(30)37(38)25-39(40)45-36-24-23-28-13-3-4-14-29(28)46(36)44(27-41(45)47)48-42-21-11-9-19-34(42)35-20-10-12-22-43(35)48/h3-27H,1-2H3. The molecule has 0 saturated carbocycles. The molecule has 0 bridgehead atoms. The van der Waals surface area contributed by atoms with Crippen LogP contribution in [0.15, 0.2) is 152 Å². The Morgan fingerprint density at radius 1 is 0.396 bits per heavy atom. The SMILES string of the molecule is CC1(C)c2cc3c4ccccc4c4ccccc4c3cc2-c2c1cc(-n1c3ccccc3c3ccccc31)c1c2ccc2ccccc21. The summed E-state index contributed by atoms with van der Waals surface area (Å²) >= 11 is 0. The Hall–Kier alpha value is -5.92. The van der Waals surface area contributed by atoms with E-state index in [2.05, 4.69) is 170 Å². The van der Waals surface area contributed by atoms with E-state index in [9.17, 15) is 0 Å². The molecular formula is C47H31N. The third kappa shape index (κ3) is 3.21. The van der Waals surface area contributed by atoms with E-state index in [-0.39, 0.29) is 5.41 Å². The van der Waals surface area contributed by atoms with Crippen LogP contribution in [0.1, 0.15) is 25.0 Å². The van der Waals surface area contributed by atoms with Gasteiger partial charge in [0.05, 0.1) is 16.7 Å². The Balaban J connectivity index is 1.34. The number of hydrogen-bond donors (Lipinski definition) is 0. The summed E-state index contributed by atoms with van der Waals surface area (Å²) in [5, 5.41) is 15.7. The van der Waals surface area contributed by atoms with Crippen LogP contribution < -0.4 is 0 Å². The highest BCUT2D eigenvalue weighted by atomic mass is 15.0. The van der Waals surface area contributed by atoms with Crippen molar-refractivity contribution in [3.8, 4) is 16.8 Å². The highest BCUT2D eigenvalue weighted by Gasteiger charge is 2.38. The summed E-state index contributed by atoms with van der Waals surface area (Å²) in [7, 11) is 0. The van der Waals surface area contributed by atoms with Crippen molar-refractivity contribution in [2.75, 3.05) is 0 Å².